The number of aryl methyl sites for hydroxylation is 1. The summed E-state index contributed by atoms with van der Waals surface area (Å²) in [6, 6.07) is 8.31. The molecule has 0 bridgehead atoms. The molecule has 2 aromatic carbocycles. The van der Waals surface area contributed by atoms with Crippen LogP contribution in [0.2, 0.25) is 0 Å². The molecule has 0 radical (unpaired) electrons. The minimum absolute atomic E-state index is 0.0586. The molecule has 1 aliphatic heterocycles. The van der Waals surface area contributed by atoms with Crippen molar-refractivity contribution >= 4 is 17.4 Å². The highest BCUT2D eigenvalue weighted by Gasteiger charge is 2.46. The molecule has 8 heteroatoms. The van der Waals surface area contributed by atoms with E-state index in [0.29, 0.717) is 54.7 Å². The van der Waals surface area contributed by atoms with Gasteiger partial charge in [0.25, 0.3) is 11.7 Å². The van der Waals surface area contributed by atoms with Gasteiger partial charge in [0.2, 0.25) is 0 Å². The number of hydrogen-bond acceptors (Lipinski definition) is 7. The molecule has 1 N–H and O–H groups in total. The van der Waals surface area contributed by atoms with Gasteiger partial charge in [-0.15, -0.1) is 0 Å². The molecule has 8 nitrogen and oxygen atoms in total. The maximum Gasteiger partial charge on any atom is 0.295 e. The Balaban J connectivity index is 2.27. The Morgan fingerprint density at radius 1 is 1.03 bits per heavy atom. The molecule has 1 amide bonds. The molecule has 1 fully saturated rings. The maximum absolute atomic E-state index is 13.5. The number of hydrogen-bond donors (Lipinski definition) is 1. The Morgan fingerprint density at radius 3 is 2.26 bits per heavy atom. The Morgan fingerprint density at radius 2 is 1.68 bits per heavy atom. The van der Waals surface area contributed by atoms with Crippen molar-refractivity contribution in [1.82, 2.24) is 9.80 Å². The van der Waals surface area contributed by atoms with Crippen molar-refractivity contribution in [2.75, 3.05) is 47.5 Å². The van der Waals surface area contributed by atoms with E-state index in [0.717, 1.165) is 11.1 Å². The number of ether oxygens (including phenoxy) is 3. The molecule has 1 aliphatic rings. The van der Waals surface area contributed by atoms with Crippen molar-refractivity contribution in [3.05, 3.63) is 58.2 Å². The van der Waals surface area contributed by atoms with E-state index in [1.807, 2.05) is 71.8 Å². The number of benzene rings is 2. The van der Waals surface area contributed by atoms with Crippen molar-refractivity contribution < 1.29 is 28.9 Å². The van der Waals surface area contributed by atoms with Crippen LogP contribution in [-0.4, -0.2) is 74.1 Å². The molecule has 0 aliphatic carbocycles. The Hall–Kier alpha value is -3.52. The average Bonchev–Trinajstić information content (AvgIpc) is 3.12. The molecule has 2 aromatic rings. The second kappa shape index (κ2) is 12.3. The van der Waals surface area contributed by atoms with Gasteiger partial charge in [0, 0.05) is 18.7 Å². The zero-order chi connectivity index (χ0) is 28.1. The first-order valence-electron chi connectivity index (χ1n) is 13.1. The van der Waals surface area contributed by atoms with Crippen molar-refractivity contribution in [1.29, 1.82) is 0 Å². The summed E-state index contributed by atoms with van der Waals surface area (Å²) in [5, 5.41) is 11.7. The van der Waals surface area contributed by atoms with Gasteiger partial charge in [-0.2, -0.15) is 0 Å². The van der Waals surface area contributed by atoms with Crippen LogP contribution in [0.5, 0.6) is 17.2 Å². The second-order valence-corrected chi connectivity index (χ2v) is 9.93. The number of aliphatic hydroxyl groups excluding tert-OH is 1. The molecular formula is C30H40N2O6. The van der Waals surface area contributed by atoms with Crippen molar-refractivity contribution in [3.8, 4) is 17.2 Å². The van der Waals surface area contributed by atoms with Gasteiger partial charge >= 0.3 is 0 Å². The number of Topliss-reactive ketones (excluding diaryl/α,β-unsaturated/α-hetero) is 1. The summed E-state index contributed by atoms with van der Waals surface area (Å²) in [7, 11) is 5.42. The first-order chi connectivity index (χ1) is 18.0. The predicted octanol–water partition coefficient (Wildman–Crippen LogP) is 4.91. The summed E-state index contributed by atoms with van der Waals surface area (Å²) in [4.78, 5) is 30.3. The summed E-state index contributed by atoms with van der Waals surface area (Å²) >= 11 is 0. The number of likely N-dealkylation sites (N-methyl/N-ethyl adjacent to an activating group) is 1. The van der Waals surface area contributed by atoms with Crippen LogP contribution in [0.25, 0.3) is 5.76 Å². The standard InChI is InChI=1S/C30H40N2O6/c1-9-37-23-12-11-20(16-25(23)38-10-2)27-26(29(34)30(35)32(27)14-13-31(6)7)28(33)22-17-21(18(3)4)24(36-8)15-19(22)5/h11-12,15-18,27,33H,9-10,13-14H2,1-8H3/b28-26+. The minimum Gasteiger partial charge on any atom is -0.507 e. The first kappa shape index (κ1) is 29.0. The van der Waals surface area contributed by atoms with E-state index >= 15 is 0 Å². The lowest BCUT2D eigenvalue weighted by atomic mass is 9.91. The normalized spacial score (nSPS) is 17.0. The van der Waals surface area contributed by atoms with Crippen LogP contribution < -0.4 is 14.2 Å². The number of carbonyl (C=O) groups excluding carboxylic acids is 2. The van der Waals surface area contributed by atoms with Gasteiger partial charge < -0.3 is 29.1 Å². The topological polar surface area (TPSA) is 88.5 Å². The number of amides is 1. The highest BCUT2D eigenvalue weighted by Crippen LogP contribution is 2.43. The zero-order valence-electron chi connectivity index (χ0n) is 23.8. The van der Waals surface area contributed by atoms with Gasteiger partial charge in [-0.25, -0.2) is 0 Å². The Bertz CT molecular complexity index is 1220. The Kier molecular flexibility index (Phi) is 9.44. The van der Waals surface area contributed by atoms with Crippen LogP contribution in [0, 0.1) is 6.92 Å². The number of aliphatic hydroxyl groups is 1. The van der Waals surface area contributed by atoms with Gasteiger partial charge in [-0.05, 0) is 81.7 Å². The largest absolute Gasteiger partial charge is 0.507 e. The summed E-state index contributed by atoms with van der Waals surface area (Å²) in [5.41, 5.74) is 2.86. The third-order valence-electron chi connectivity index (χ3n) is 6.67. The summed E-state index contributed by atoms with van der Waals surface area (Å²) in [6.45, 7) is 11.4. The molecule has 1 saturated heterocycles. The maximum atomic E-state index is 13.5. The van der Waals surface area contributed by atoms with E-state index in [-0.39, 0.29) is 17.3 Å². The SMILES string of the molecule is CCOc1ccc(C2/C(=C(\O)c3cc(C(C)C)c(OC)cc3C)C(=O)C(=O)N2CCN(C)C)cc1OCC. The highest BCUT2D eigenvalue weighted by molar-refractivity contribution is 6.46. The van der Waals surface area contributed by atoms with Crippen LogP contribution in [-0.2, 0) is 9.59 Å². The number of carbonyl (C=O) groups is 2. The molecule has 1 heterocycles. The molecular weight excluding hydrogens is 484 g/mol. The van der Waals surface area contributed by atoms with Crippen LogP contribution in [0.1, 0.15) is 61.9 Å². The number of methoxy groups -OCH3 is 1. The van der Waals surface area contributed by atoms with E-state index in [4.69, 9.17) is 14.2 Å². The summed E-state index contributed by atoms with van der Waals surface area (Å²) < 4.78 is 17.1. The zero-order valence-corrected chi connectivity index (χ0v) is 23.8. The molecule has 0 aromatic heterocycles. The number of likely N-dealkylation sites (tertiary alicyclic amines) is 1. The number of rotatable bonds is 11. The fourth-order valence-corrected chi connectivity index (χ4v) is 4.73. The lowest BCUT2D eigenvalue weighted by Gasteiger charge is -2.27. The van der Waals surface area contributed by atoms with Crippen LogP contribution in [0.4, 0.5) is 0 Å². The van der Waals surface area contributed by atoms with Gasteiger partial charge in [0.15, 0.2) is 11.5 Å². The van der Waals surface area contributed by atoms with Gasteiger partial charge in [-0.3, -0.25) is 9.59 Å². The minimum atomic E-state index is -0.783. The fraction of sp³-hybridized carbons (Fsp3) is 0.467. The number of nitrogens with zero attached hydrogens (tertiary/aromatic N) is 2. The Labute approximate surface area is 225 Å². The third-order valence-corrected chi connectivity index (χ3v) is 6.67. The number of ketones is 1. The van der Waals surface area contributed by atoms with E-state index < -0.39 is 17.7 Å². The predicted molar refractivity (Wildman–Crippen MR) is 148 cm³/mol. The third kappa shape index (κ3) is 5.80. The van der Waals surface area contributed by atoms with Crippen molar-refractivity contribution in [3.63, 3.8) is 0 Å². The average molecular weight is 525 g/mol. The summed E-state index contributed by atoms with van der Waals surface area (Å²) in [6.07, 6.45) is 0. The van der Waals surface area contributed by atoms with Crippen molar-refractivity contribution in [2.24, 2.45) is 0 Å². The molecule has 3 rings (SSSR count). The molecule has 38 heavy (non-hydrogen) atoms. The highest BCUT2D eigenvalue weighted by atomic mass is 16.5. The molecule has 1 unspecified atom stereocenters. The fourth-order valence-electron chi connectivity index (χ4n) is 4.73. The molecule has 1 atom stereocenters. The monoisotopic (exact) mass is 524 g/mol. The van der Waals surface area contributed by atoms with Crippen LogP contribution in [0.15, 0.2) is 35.9 Å². The van der Waals surface area contributed by atoms with Crippen molar-refractivity contribution in [2.45, 2.75) is 46.6 Å². The molecule has 0 spiro atoms. The first-order valence-corrected chi connectivity index (χ1v) is 13.1. The lowest BCUT2D eigenvalue weighted by Crippen LogP contribution is -2.35. The lowest BCUT2D eigenvalue weighted by molar-refractivity contribution is -0.140. The van der Waals surface area contributed by atoms with E-state index in [9.17, 15) is 14.7 Å². The van der Waals surface area contributed by atoms with Crippen LogP contribution in [0.3, 0.4) is 0 Å². The van der Waals surface area contributed by atoms with E-state index in [2.05, 4.69) is 0 Å². The second-order valence-electron chi connectivity index (χ2n) is 9.93. The smallest absolute Gasteiger partial charge is 0.295 e. The summed E-state index contributed by atoms with van der Waals surface area (Å²) in [5.74, 6) is 0.387. The van der Waals surface area contributed by atoms with Gasteiger partial charge in [-0.1, -0.05) is 19.9 Å². The van der Waals surface area contributed by atoms with Crippen LogP contribution >= 0.6 is 0 Å². The molecule has 0 saturated carbocycles. The van der Waals surface area contributed by atoms with Gasteiger partial charge in [0.05, 0.1) is 31.9 Å². The van der Waals surface area contributed by atoms with E-state index in [1.54, 1.807) is 19.2 Å². The van der Waals surface area contributed by atoms with Gasteiger partial charge in [0.1, 0.15) is 11.5 Å². The molecule has 206 valence electrons. The van der Waals surface area contributed by atoms with E-state index in [1.165, 1.54) is 4.90 Å². The quantitative estimate of drug-likeness (QED) is 0.254.